The maximum atomic E-state index is 12.0. The Morgan fingerprint density at radius 3 is 2.38 bits per heavy atom. The molecule has 3 aromatic rings. The summed E-state index contributed by atoms with van der Waals surface area (Å²) >= 11 is 1.28. The van der Waals surface area contributed by atoms with Gasteiger partial charge >= 0.3 is 17.8 Å². The van der Waals surface area contributed by atoms with Gasteiger partial charge in [-0.05, 0) is 43.3 Å². The van der Waals surface area contributed by atoms with Crippen LogP contribution in [0.25, 0.3) is 10.2 Å². The number of amides is 2. The van der Waals surface area contributed by atoms with Crippen LogP contribution in [0.4, 0.5) is 10.8 Å². The largest absolute Gasteiger partial charge is 0.462 e. The fourth-order valence-electron chi connectivity index (χ4n) is 2.17. The van der Waals surface area contributed by atoms with E-state index in [2.05, 4.69) is 15.6 Å². The summed E-state index contributed by atoms with van der Waals surface area (Å²) in [6.07, 6.45) is 0. The van der Waals surface area contributed by atoms with Crippen molar-refractivity contribution in [1.29, 1.82) is 0 Å². The van der Waals surface area contributed by atoms with Gasteiger partial charge in [-0.15, -0.1) is 0 Å². The number of hydrogen-bond acceptors (Lipinski definition) is 6. The summed E-state index contributed by atoms with van der Waals surface area (Å²) in [5.74, 6) is -2.09. The summed E-state index contributed by atoms with van der Waals surface area (Å²) < 4.78 is 5.80. The smallest absolute Gasteiger partial charge is 0.338 e. The zero-order valence-electron chi connectivity index (χ0n) is 13.8. The van der Waals surface area contributed by atoms with E-state index in [1.165, 1.54) is 35.6 Å². The summed E-state index contributed by atoms with van der Waals surface area (Å²) in [6.45, 7) is 2.00. The van der Waals surface area contributed by atoms with E-state index in [0.29, 0.717) is 16.4 Å². The highest BCUT2D eigenvalue weighted by molar-refractivity contribution is 7.22. The molecule has 0 aliphatic carbocycles. The third-order valence-electron chi connectivity index (χ3n) is 3.37. The monoisotopic (exact) mass is 369 g/mol. The lowest BCUT2D eigenvalue weighted by Crippen LogP contribution is -2.29. The Bertz CT molecular complexity index is 933. The average Bonchev–Trinajstić information content (AvgIpc) is 3.04. The van der Waals surface area contributed by atoms with Gasteiger partial charge in [0, 0.05) is 5.69 Å². The van der Waals surface area contributed by atoms with Crippen LogP contribution in [-0.4, -0.2) is 29.4 Å². The first-order valence-corrected chi connectivity index (χ1v) is 8.63. The van der Waals surface area contributed by atoms with Crippen molar-refractivity contribution in [3.8, 4) is 0 Å². The molecule has 0 saturated heterocycles. The molecule has 1 heterocycles. The molecule has 0 aliphatic rings. The van der Waals surface area contributed by atoms with E-state index >= 15 is 0 Å². The number of carbonyl (C=O) groups is 3. The molecule has 132 valence electrons. The summed E-state index contributed by atoms with van der Waals surface area (Å²) in [5, 5.41) is 5.30. The lowest BCUT2D eigenvalue weighted by atomic mass is 10.2. The highest BCUT2D eigenvalue weighted by atomic mass is 32.1. The number of ether oxygens (including phenoxy) is 1. The minimum atomic E-state index is -0.826. The Morgan fingerprint density at radius 1 is 1.00 bits per heavy atom. The molecule has 0 saturated carbocycles. The zero-order valence-corrected chi connectivity index (χ0v) is 14.6. The van der Waals surface area contributed by atoms with Crippen molar-refractivity contribution >= 4 is 50.2 Å². The number of aromatic nitrogens is 1. The minimum absolute atomic E-state index is 0.281. The molecule has 0 spiro atoms. The van der Waals surface area contributed by atoms with Gasteiger partial charge in [0.25, 0.3) is 0 Å². The van der Waals surface area contributed by atoms with Crippen LogP contribution in [0.5, 0.6) is 0 Å². The van der Waals surface area contributed by atoms with E-state index in [4.69, 9.17) is 4.74 Å². The van der Waals surface area contributed by atoms with Gasteiger partial charge in [-0.25, -0.2) is 9.78 Å². The number of hydrogen-bond donors (Lipinski definition) is 2. The second-order valence-corrected chi connectivity index (χ2v) is 6.22. The molecule has 7 nitrogen and oxygen atoms in total. The predicted octanol–water partition coefficient (Wildman–Crippen LogP) is 3.05. The van der Waals surface area contributed by atoms with Gasteiger partial charge in [0.15, 0.2) is 5.13 Å². The molecular formula is C18H15N3O4S. The van der Waals surface area contributed by atoms with E-state index in [1.807, 2.05) is 24.3 Å². The Balaban J connectivity index is 1.61. The van der Waals surface area contributed by atoms with Gasteiger partial charge in [0.2, 0.25) is 0 Å². The number of nitrogens with one attached hydrogen (secondary N) is 2. The van der Waals surface area contributed by atoms with Crippen LogP contribution in [0.2, 0.25) is 0 Å². The fraction of sp³-hybridized carbons (Fsp3) is 0.111. The number of para-hydroxylation sites is 1. The van der Waals surface area contributed by atoms with Crippen LogP contribution < -0.4 is 10.6 Å². The normalized spacial score (nSPS) is 10.3. The van der Waals surface area contributed by atoms with Crippen LogP contribution in [0, 0.1) is 0 Å². The van der Waals surface area contributed by atoms with Gasteiger partial charge < -0.3 is 10.1 Å². The Labute approximate surface area is 153 Å². The SMILES string of the molecule is CCOC(=O)c1ccc(NC(=O)C(=O)Nc2nc3ccccc3s2)cc1. The number of benzene rings is 2. The van der Waals surface area contributed by atoms with E-state index in [-0.39, 0.29) is 6.61 Å². The van der Waals surface area contributed by atoms with Crippen LogP contribution in [0.1, 0.15) is 17.3 Å². The highest BCUT2D eigenvalue weighted by Crippen LogP contribution is 2.25. The molecule has 26 heavy (non-hydrogen) atoms. The standard InChI is InChI=1S/C18H15N3O4S/c1-2-25-17(24)11-7-9-12(10-8-11)19-15(22)16(23)21-18-20-13-5-3-4-6-14(13)26-18/h3-10H,2H2,1H3,(H,19,22)(H,20,21,23). The molecule has 3 rings (SSSR count). The van der Waals surface area contributed by atoms with Crippen LogP contribution >= 0.6 is 11.3 Å². The molecule has 0 aliphatic heterocycles. The molecule has 2 N–H and O–H groups in total. The second kappa shape index (κ2) is 7.75. The third kappa shape index (κ3) is 4.04. The molecule has 0 fully saturated rings. The lowest BCUT2D eigenvalue weighted by Gasteiger charge is -2.06. The number of carbonyl (C=O) groups excluding carboxylic acids is 3. The number of rotatable bonds is 4. The number of thiazole rings is 1. The van der Waals surface area contributed by atoms with Crippen molar-refractivity contribution in [1.82, 2.24) is 4.98 Å². The number of nitrogens with zero attached hydrogens (tertiary/aromatic N) is 1. The maximum absolute atomic E-state index is 12.0. The van der Waals surface area contributed by atoms with Gasteiger partial charge in [0.05, 0.1) is 22.4 Å². The molecule has 0 bridgehead atoms. The maximum Gasteiger partial charge on any atom is 0.338 e. The summed E-state index contributed by atoms with van der Waals surface area (Å²) in [5.41, 5.74) is 1.51. The molecule has 0 unspecified atom stereocenters. The first-order chi connectivity index (χ1) is 12.6. The number of fused-ring (bicyclic) bond motifs is 1. The third-order valence-corrected chi connectivity index (χ3v) is 4.33. The molecule has 0 radical (unpaired) electrons. The zero-order chi connectivity index (χ0) is 18.5. The van der Waals surface area contributed by atoms with Crippen molar-refractivity contribution < 1.29 is 19.1 Å². The topological polar surface area (TPSA) is 97.4 Å². The van der Waals surface area contributed by atoms with Gasteiger partial charge in [-0.3, -0.25) is 14.9 Å². The van der Waals surface area contributed by atoms with Crippen molar-refractivity contribution in [3.05, 3.63) is 54.1 Å². The molecule has 0 atom stereocenters. The Kier molecular flexibility index (Phi) is 5.23. The van der Waals surface area contributed by atoms with Gasteiger partial charge in [-0.1, -0.05) is 23.5 Å². The van der Waals surface area contributed by atoms with Crippen molar-refractivity contribution in [2.24, 2.45) is 0 Å². The van der Waals surface area contributed by atoms with Crippen LogP contribution in [0.15, 0.2) is 48.5 Å². The lowest BCUT2D eigenvalue weighted by molar-refractivity contribution is -0.132. The fourth-order valence-corrected chi connectivity index (χ4v) is 3.03. The quantitative estimate of drug-likeness (QED) is 0.544. The van der Waals surface area contributed by atoms with E-state index in [9.17, 15) is 14.4 Å². The molecule has 1 aromatic heterocycles. The predicted molar refractivity (Wildman–Crippen MR) is 99.3 cm³/mol. The first kappa shape index (κ1) is 17.6. The summed E-state index contributed by atoms with van der Waals surface area (Å²) in [6, 6.07) is 13.5. The highest BCUT2D eigenvalue weighted by Gasteiger charge is 2.16. The van der Waals surface area contributed by atoms with Crippen molar-refractivity contribution in [2.45, 2.75) is 6.92 Å². The van der Waals surface area contributed by atoms with Crippen LogP contribution in [-0.2, 0) is 14.3 Å². The van der Waals surface area contributed by atoms with Gasteiger partial charge in [-0.2, -0.15) is 0 Å². The molecular weight excluding hydrogens is 354 g/mol. The van der Waals surface area contributed by atoms with E-state index in [1.54, 1.807) is 6.92 Å². The number of esters is 1. The first-order valence-electron chi connectivity index (χ1n) is 7.82. The number of anilines is 2. The Morgan fingerprint density at radius 2 is 1.69 bits per heavy atom. The summed E-state index contributed by atoms with van der Waals surface area (Å²) in [7, 11) is 0. The van der Waals surface area contributed by atoms with Gasteiger partial charge in [0.1, 0.15) is 0 Å². The van der Waals surface area contributed by atoms with Crippen molar-refractivity contribution in [3.63, 3.8) is 0 Å². The minimum Gasteiger partial charge on any atom is -0.462 e. The molecule has 8 heteroatoms. The second-order valence-electron chi connectivity index (χ2n) is 5.19. The van der Waals surface area contributed by atoms with Crippen molar-refractivity contribution in [2.75, 3.05) is 17.2 Å². The van der Waals surface area contributed by atoms with E-state index < -0.39 is 17.8 Å². The Hall–Kier alpha value is -3.26. The summed E-state index contributed by atoms with van der Waals surface area (Å²) in [4.78, 5) is 39.9. The van der Waals surface area contributed by atoms with Crippen LogP contribution in [0.3, 0.4) is 0 Å². The van der Waals surface area contributed by atoms with E-state index in [0.717, 1.165) is 10.2 Å². The average molecular weight is 369 g/mol. The molecule has 2 amide bonds. The molecule has 2 aromatic carbocycles.